The molecule has 0 spiro atoms. The van der Waals surface area contributed by atoms with Gasteiger partial charge in [-0.25, -0.2) is 0 Å². The van der Waals surface area contributed by atoms with Crippen LogP contribution in [0.5, 0.6) is 0 Å². The second kappa shape index (κ2) is 3.82. The Bertz CT molecular complexity index is 360. The Kier molecular flexibility index (Phi) is 2.44. The summed E-state index contributed by atoms with van der Waals surface area (Å²) in [6, 6.07) is 0. The van der Waals surface area contributed by atoms with E-state index in [1.807, 2.05) is 11.6 Å². The fraction of sp³-hybridized carbons (Fsp3) is 0.818. The Hall–Kier alpha value is -0.940. The molecular formula is C11H19N5. The van der Waals surface area contributed by atoms with E-state index in [0.717, 1.165) is 24.2 Å². The van der Waals surface area contributed by atoms with E-state index in [9.17, 15) is 0 Å². The molecule has 1 aromatic rings. The Morgan fingerprint density at radius 2 is 1.88 bits per heavy atom. The average molecular weight is 221 g/mol. The number of nitrogens with zero attached hydrogens (tertiary/aromatic N) is 5. The highest BCUT2D eigenvalue weighted by Crippen LogP contribution is 2.30. The van der Waals surface area contributed by atoms with E-state index < -0.39 is 0 Å². The second-order valence-electron chi connectivity index (χ2n) is 5.29. The summed E-state index contributed by atoms with van der Waals surface area (Å²) in [5.41, 5.74) is 0. The largest absolute Gasteiger partial charge is 0.320 e. The first-order valence-corrected chi connectivity index (χ1v) is 5.96. The molecule has 2 atom stereocenters. The molecule has 5 heteroatoms. The number of hydrogen-bond acceptors (Lipinski definition) is 4. The van der Waals surface area contributed by atoms with Crippen LogP contribution in [0.1, 0.15) is 5.82 Å². The van der Waals surface area contributed by atoms with Crippen LogP contribution in [-0.4, -0.2) is 57.8 Å². The van der Waals surface area contributed by atoms with Gasteiger partial charge in [0.2, 0.25) is 0 Å². The van der Waals surface area contributed by atoms with Crippen molar-refractivity contribution in [1.29, 1.82) is 0 Å². The molecule has 0 N–H and O–H groups in total. The van der Waals surface area contributed by atoms with Crippen LogP contribution in [0.4, 0.5) is 0 Å². The molecule has 2 aliphatic rings. The molecule has 0 bridgehead atoms. The highest BCUT2D eigenvalue weighted by molar-refractivity contribution is 4.94. The normalized spacial score (nSPS) is 31.1. The molecule has 2 aliphatic heterocycles. The van der Waals surface area contributed by atoms with E-state index in [4.69, 9.17) is 0 Å². The van der Waals surface area contributed by atoms with E-state index >= 15 is 0 Å². The van der Waals surface area contributed by atoms with E-state index in [1.54, 1.807) is 6.33 Å². The van der Waals surface area contributed by atoms with Crippen molar-refractivity contribution in [1.82, 2.24) is 24.6 Å². The van der Waals surface area contributed by atoms with Gasteiger partial charge in [0.15, 0.2) is 0 Å². The zero-order valence-corrected chi connectivity index (χ0v) is 10.0. The third kappa shape index (κ3) is 1.74. The maximum absolute atomic E-state index is 4.15. The molecule has 1 aromatic heterocycles. The first-order valence-electron chi connectivity index (χ1n) is 5.96. The molecule has 2 unspecified atom stereocenters. The van der Waals surface area contributed by atoms with Gasteiger partial charge in [0.25, 0.3) is 0 Å². The van der Waals surface area contributed by atoms with Crippen LogP contribution >= 0.6 is 0 Å². The van der Waals surface area contributed by atoms with Gasteiger partial charge in [-0.05, 0) is 18.9 Å². The number of hydrogen-bond donors (Lipinski definition) is 0. The van der Waals surface area contributed by atoms with Crippen LogP contribution in [0.15, 0.2) is 6.33 Å². The lowest BCUT2D eigenvalue weighted by atomic mass is 10.0. The summed E-state index contributed by atoms with van der Waals surface area (Å²) in [5.74, 6) is 2.82. The average Bonchev–Trinajstić information content (AvgIpc) is 2.83. The van der Waals surface area contributed by atoms with Crippen molar-refractivity contribution in [3.8, 4) is 0 Å². The van der Waals surface area contributed by atoms with Crippen LogP contribution in [-0.2, 0) is 13.6 Å². The lowest BCUT2D eigenvalue weighted by molar-refractivity contribution is 0.264. The summed E-state index contributed by atoms with van der Waals surface area (Å²) in [6.45, 7) is 5.93. The summed E-state index contributed by atoms with van der Waals surface area (Å²) in [4.78, 5) is 4.97. The van der Waals surface area contributed by atoms with Crippen LogP contribution in [0.3, 0.4) is 0 Å². The number of fused-ring (bicyclic) bond motifs is 1. The summed E-state index contributed by atoms with van der Waals surface area (Å²) in [6.07, 6.45) is 1.78. The van der Waals surface area contributed by atoms with Crippen molar-refractivity contribution < 1.29 is 0 Å². The SMILES string of the molecule is CN1CC2CN(Cc3nncn3C)CC2C1. The first-order chi connectivity index (χ1) is 7.72. The quantitative estimate of drug-likeness (QED) is 0.693. The minimum absolute atomic E-state index is 0.873. The van der Waals surface area contributed by atoms with E-state index in [1.165, 1.54) is 26.2 Å². The Labute approximate surface area is 96.1 Å². The molecule has 3 heterocycles. The molecule has 0 aromatic carbocycles. The van der Waals surface area contributed by atoms with Crippen molar-refractivity contribution in [3.63, 3.8) is 0 Å². The maximum Gasteiger partial charge on any atom is 0.146 e. The monoisotopic (exact) mass is 221 g/mol. The third-order valence-corrected chi connectivity index (χ3v) is 3.91. The van der Waals surface area contributed by atoms with Crippen LogP contribution < -0.4 is 0 Å². The van der Waals surface area contributed by atoms with Gasteiger partial charge in [-0.2, -0.15) is 0 Å². The zero-order chi connectivity index (χ0) is 11.1. The van der Waals surface area contributed by atoms with Gasteiger partial charge in [0, 0.05) is 33.2 Å². The van der Waals surface area contributed by atoms with E-state index in [2.05, 4.69) is 27.0 Å². The minimum atomic E-state index is 0.873. The van der Waals surface area contributed by atoms with Crippen molar-refractivity contribution in [2.45, 2.75) is 6.54 Å². The minimum Gasteiger partial charge on any atom is -0.320 e. The van der Waals surface area contributed by atoms with Gasteiger partial charge in [-0.15, -0.1) is 10.2 Å². The molecular weight excluding hydrogens is 202 g/mol. The van der Waals surface area contributed by atoms with Crippen LogP contribution in [0.25, 0.3) is 0 Å². The summed E-state index contributed by atoms with van der Waals surface area (Å²) < 4.78 is 2.01. The van der Waals surface area contributed by atoms with Crippen LogP contribution in [0, 0.1) is 11.8 Å². The number of aromatic nitrogens is 3. The maximum atomic E-state index is 4.15. The number of rotatable bonds is 2. The summed E-state index contributed by atoms with van der Waals surface area (Å²) >= 11 is 0. The highest BCUT2D eigenvalue weighted by atomic mass is 15.3. The fourth-order valence-corrected chi connectivity index (χ4v) is 3.10. The molecule has 0 saturated carbocycles. The van der Waals surface area contributed by atoms with Gasteiger partial charge in [0.05, 0.1) is 6.54 Å². The summed E-state index contributed by atoms with van der Waals surface area (Å²) in [5, 5.41) is 8.08. The topological polar surface area (TPSA) is 37.2 Å². The predicted octanol–water partition coefficient (Wildman–Crippen LogP) is -0.191. The van der Waals surface area contributed by atoms with Gasteiger partial charge in [0.1, 0.15) is 12.2 Å². The number of likely N-dealkylation sites (tertiary alicyclic amines) is 2. The molecule has 2 fully saturated rings. The lowest BCUT2D eigenvalue weighted by Gasteiger charge is -2.18. The van der Waals surface area contributed by atoms with Crippen molar-refractivity contribution in [2.75, 3.05) is 33.2 Å². The van der Waals surface area contributed by atoms with E-state index in [-0.39, 0.29) is 0 Å². The molecule has 5 nitrogen and oxygen atoms in total. The number of aryl methyl sites for hydroxylation is 1. The molecule has 0 aliphatic carbocycles. The Morgan fingerprint density at radius 1 is 1.19 bits per heavy atom. The van der Waals surface area contributed by atoms with Gasteiger partial charge in [-0.3, -0.25) is 4.90 Å². The molecule has 3 rings (SSSR count). The summed E-state index contributed by atoms with van der Waals surface area (Å²) in [7, 11) is 4.24. The molecule has 0 amide bonds. The molecule has 0 radical (unpaired) electrons. The Morgan fingerprint density at radius 3 is 2.44 bits per heavy atom. The van der Waals surface area contributed by atoms with Crippen LogP contribution in [0.2, 0.25) is 0 Å². The van der Waals surface area contributed by atoms with E-state index in [0.29, 0.717) is 0 Å². The van der Waals surface area contributed by atoms with Gasteiger partial charge >= 0.3 is 0 Å². The molecule has 2 saturated heterocycles. The fourth-order valence-electron chi connectivity index (χ4n) is 3.10. The smallest absolute Gasteiger partial charge is 0.146 e. The molecule has 88 valence electrons. The predicted molar refractivity (Wildman–Crippen MR) is 60.8 cm³/mol. The van der Waals surface area contributed by atoms with Gasteiger partial charge in [-0.1, -0.05) is 0 Å². The lowest BCUT2D eigenvalue weighted by Crippen LogP contribution is -2.27. The highest BCUT2D eigenvalue weighted by Gasteiger charge is 2.38. The Balaban J connectivity index is 1.62. The zero-order valence-electron chi connectivity index (χ0n) is 10.0. The standard InChI is InChI=1S/C11H19N5/c1-14-3-9-5-16(6-10(9)4-14)7-11-13-12-8-15(11)2/h8-10H,3-7H2,1-2H3. The third-order valence-electron chi connectivity index (χ3n) is 3.91. The van der Waals surface area contributed by atoms with Crippen molar-refractivity contribution in [3.05, 3.63) is 12.2 Å². The first kappa shape index (κ1) is 10.2. The van der Waals surface area contributed by atoms with Crippen molar-refractivity contribution in [2.24, 2.45) is 18.9 Å². The van der Waals surface area contributed by atoms with Crippen molar-refractivity contribution >= 4 is 0 Å². The van der Waals surface area contributed by atoms with Gasteiger partial charge < -0.3 is 9.47 Å². The molecule has 16 heavy (non-hydrogen) atoms. The second-order valence-corrected chi connectivity index (χ2v) is 5.29.